The third kappa shape index (κ3) is 2.61. The van der Waals surface area contributed by atoms with E-state index in [1.807, 2.05) is 18.7 Å². The van der Waals surface area contributed by atoms with Gasteiger partial charge in [-0.3, -0.25) is 0 Å². The fourth-order valence-electron chi connectivity index (χ4n) is 2.12. The highest BCUT2D eigenvalue weighted by molar-refractivity contribution is 7.99. The Bertz CT molecular complexity index is 372. The van der Waals surface area contributed by atoms with E-state index in [0.717, 1.165) is 11.4 Å². The van der Waals surface area contributed by atoms with Crippen LogP contribution >= 0.6 is 23.4 Å². The Morgan fingerprint density at radius 1 is 1.50 bits per heavy atom. The minimum atomic E-state index is 0.312. The fraction of sp³-hybridized carbons (Fsp3) is 0.636. The van der Waals surface area contributed by atoms with Crippen molar-refractivity contribution in [2.24, 2.45) is 0 Å². The van der Waals surface area contributed by atoms with E-state index in [2.05, 4.69) is 21.5 Å². The molecule has 0 amide bonds. The molecule has 0 radical (unpaired) electrons. The first-order chi connectivity index (χ1) is 7.70. The van der Waals surface area contributed by atoms with Crippen LogP contribution in [0.25, 0.3) is 0 Å². The van der Waals surface area contributed by atoms with Crippen molar-refractivity contribution >= 4 is 29.2 Å². The maximum absolute atomic E-state index is 5.81. The summed E-state index contributed by atoms with van der Waals surface area (Å²) in [6, 6.07) is 0.514. The Kier molecular flexibility index (Phi) is 3.92. The maximum atomic E-state index is 5.81. The first kappa shape index (κ1) is 12.0. The predicted molar refractivity (Wildman–Crippen MR) is 70.3 cm³/mol. The van der Waals surface area contributed by atoms with Crippen LogP contribution in [0.5, 0.6) is 0 Å². The number of hydrogen-bond acceptors (Lipinski definition) is 4. The van der Waals surface area contributed by atoms with E-state index in [4.69, 9.17) is 11.6 Å². The number of nitrogens with one attached hydrogen (secondary N) is 1. The lowest BCUT2D eigenvalue weighted by Gasteiger charge is -2.20. The van der Waals surface area contributed by atoms with Crippen molar-refractivity contribution in [1.82, 2.24) is 9.97 Å². The van der Waals surface area contributed by atoms with Gasteiger partial charge in [-0.2, -0.15) is 11.8 Å². The van der Waals surface area contributed by atoms with E-state index in [0.29, 0.717) is 16.6 Å². The normalized spacial score (nSPS) is 24.7. The van der Waals surface area contributed by atoms with E-state index in [1.165, 1.54) is 19.3 Å². The summed E-state index contributed by atoms with van der Waals surface area (Å²) in [4.78, 5) is 8.20. The van der Waals surface area contributed by atoms with Gasteiger partial charge < -0.3 is 5.32 Å². The number of nitrogens with zero attached hydrogens (tertiary/aromatic N) is 2. The average molecular weight is 258 g/mol. The highest BCUT2D eigenvalue weighted by atomic mass is 35.5. The zero-order valence-corrected chi connectivity index (χ0v) is 11.1. The van der Waals surface area contributed by atoms with Gasteiger partial charge in [-0.15, -0.1) is 0 Å². The molecule has 5 heteroatoms. The first-order valence-corrected chi connectivity index (χ1v) is 7.15. The predicted octanol–water partition coefficient (Wildman–Crippen LogP) is 3.13. The zero-order valence-electron chi connectivity index (χ0n) is 9.53. The molecular weight excluding hydrogens is 242 g/mol. The van der Waals surface area contributed by atoms with Crippen LogP contribution in [-0.4, -0.2) is 27.5 Å². The van der Waals surface area contributed by atoms with Crippen LogP contribution in [-0.2, 0) is 0 Å². The van der Waals surface area contributed by atoms with E-state index in [1.54, 1.807) is 6.20 Å². The second kappa shape index (κ2) is 5.23. The molecule has 88 valence electrons. The second-order valence-corrected chi connectivity index (χ2v) is 5.54. The molecule has 1 aromatic rings. The van der Waals surface area contributed by atoms with Crippen LogP contribution in [0.1, 0.15) is 24.8 Å². The Morgan fingerprint density at radius 3 is 3.06 bits per heavy atom. The minimum Gasteiger partial charge on any atom is -0.366 e. The lowest BCUT2D eigenvalue weighted by atomic mass is 10.2. The maximum Gasteiger partial charge on any atom is 0.224 e. The van der Waals surface area contributed by atoms with Gasteiger partial charge in [-0.1, -0.05) is 6.42 Å². The van der Waals surface area contributed by atoms with Crippen LogP contribution in [0, 0.1) is 6.92 Å². The standard InChI is InChI=1S/C11H16ClN3S/c1-7-6-13-11(12)15-10(7)14-8-4-3-5-9(8)16-2/h6,8-9H,3-5H2,1-2H3,(H,13,14,15). The van der Waals surface area contributed by atoms with Crippen LogP contribution in [0.15, 0.2) is 6.20 Å². The van der Waals surface area contributed by atoms with Gasteiger partial charge in [0, 0.05) is 23.1 Å². The summed E-state index contributed by atoms with van der Waals surface area (Å²) < 4.78 is 0. The summed E-state index contributed by atoms with van der Waals surface area (Å²) in [6.45, 7) is 2.00. The van der Waals surface area contributed by atoms with Crippen molar-refractivity contribution in [1.29, 1.82) is 0 Å². The highest BCUT2D eigenvalue weighted by Gasteiger charge is 2.26. The van der Waals surface area contributed by atoms with Crippen LogP contribution < -0.4 is 5.32 Å². The number of anilines is 1. The third-order valence-electron chi connectivity index (χ3n) is 3.02. The van der Waals surface area contributed by atoms with Crippen molar-refractivity contribution in [2.45, 2.75) is 37.5 Å². The van der Waals surface area contributed by atoms with Crippen molar-refractivity contribution in [3.63, 3.8) is 0 Å². The Labute approximate surface area is 105 Å². The third-order valence-corrected chi connectivity index (χ3v) is 4.37. The molecule has 1 aliphatic rings. The number of halogens is 1. The summed E-state index contributed by atoms with van der Waals surface area (Å²) in [5.74, 6) is 0.881. The summed E-state index contributed by atoms with van der Waals surface area (Å²) >= 11 is 7.74. The molecule has 1 saturated carbocycles. The van der Waals surface area contributed by atoms with Crippen molar-refractivity contribution in [3.05, 3.63) is 17.0 Å². The first-order valence-electron chi connectivity index (χ1n) is 5.49. The number of aromatic nitrogens is 2. The van der Waals surface area contributed by atoms with Gasteiger partial charge in [-0.25, -0.2) is 9.97 Å². The molecule has 0 aromatic carbocycles. The molecular formula is C11H16ClN3S. The second-order valence-electron chi connectivity index (χ2n) is 4.13. The summed E-state index contributed by atoms with van der Waals surface area (Å²) in [7, 11) is 0. The fourth-order valence-corrected chi connectivity index (χ4v) is 3.18. The van der Waals surface area contributed by atoms with Crippen LogP contribution in [0.2, 0.25) is 5.28 Å². The molecule has 2 atom stereocenters. The smallest absolute Gasteiger partial charge is 0.224 e. The van der Waals surface area contributed by atoms with Crippen LogP contribution in [0.4, 0.5) is 5.82 Å². The summed E-state index contributed by atoms with van der Waals surface area (Å²) in [5.41, 5.74) is 1.05. The van der Waals surface area contributed by atoms with Crippen molar-refractivity contribution in [3.8, 4) is 0 Å². The van der Waals surface area contributed by atoms with E-state index >= 15 is 0 Å². The van der Waals surface area contributed by atoms with Gasteiger partial charge in [0.15, 0.2) is 0 Å². The van der Waals surface area contributed by atoms with E-state index < -0.39 is 0 Å². The van der Waals surface area contributed by atoms with Crippen LogP contribution in [0.3, 0.4) is 0 Å². The summed E-state index contributed by atoms with van der Waals surface area (Å²) in [6.07, 6.45) is 7.73. The monoisotopic (exact) mass is 257 g/mol. The molecule has 1 aromatic heterocycles. The molecule has 1 heterocycles. The van der Waals surface area contributed by atoms with Gasteiger partial charge in [0.25, 0.3) is 0 Å². The minimum absolute atomic E-state index is 0.312. The molecule has 2 rings (SSSR count). The number of aryl methyl sites for hydroxylation is 1. The largest absolute Gasteiger partial charge is 0.366 e. The lowest BCUT2D eigenvalue weighted by molar-refractivity contribution is 0.761. The Hall–Kier alpha value is -0.480. The molecule has 3 nitrogen and oxygen atoms in total. The van der Waals surface area contributed by atoms with Gasteiger partial charge in [0.2, 0.25) is 5.28 Å². The van der Waals surface area contributed by atoms with Gasteiger partial charge in [-0.05, 0) is 37.6 Å². The molecule has 0 bridgehead atoms. The van der Waals surface area contributed by atoms with E-state index in [-0.39, 0.29) is 0 Å². The molecule has 0 spiro atoms. The highest BCUT2D eigenvalue weighted by Crippen LogP contribution is 2.31. The number of rotatable bonds is 3. The Balaban J connectivity index is 2.11. The molecule has 1 fully saturated rings. The van der Waals surface area contributed by atoms with E-state index in [9.17, 15) is 0 Å². The van der Waals surface area contributed by atoms with Crippen molar-refractivity contribution < 1.29 is 0 Å². The molecule has 0 saturated heterocycles. The van der Waals surface area contributed by atoms with Crippen molar-refractivity contribution in [2.75, 3.05) is 11.6 Å². The Morgan fingerprint density at radius 2 is 2.31 bits per heavy atom. The lowest BCUT2D eigenvalue weighted by Crippen LogP contribution is -2.26. The molecule has 1 N–H and O–H groups in total. The molecule has 16 heavy (non-hydrogen) atoms. The number of hydrogen-bond donors (Lipinski definition) is 1. The SMILES string of the molecule is CSC1CCCC1Nc1nc(Cl)ncc1C. The average Bonchev–Trinajstić information content (AvgIpc) is 2.71. The topological polar surface area (TPSA) is 37.8 Å². The van der Waals surface area contributed by atoms with Gasteiger partial charge in [0.1, 0.15) is 5.82 Å². The summed E-state index contributed by atoms with van der Waals surface area (Å²) in [5, 5.41) is 4.49. The molecule has 2 unspecified atom stereocenters. The quantitative estimate of drug-likeness (QED) is 0.845. The molecule has 0 aliphatic heterocycles. The van der Waals surface area contributed by atoms with Gasteiger partial charge in [0.05, 0.1) is 0 Å². The molecule has 1 aliphatic carbocycles. The van der Waals surface area contributed by atoms with Gasteiger partial charge >= 0.3 is 0 Å². The number of thioether (sulfide) groups is 1. The zero-order chi connectivity index (χ0) is 11.5.